The highest BCUT2D eigenvalue weighted by molar-refractivity contribution is 6.29. The van der Waals surface area contributed by atoms with Crippen molar-refractivity contribution in [3.8, 4) is 17.3 Å². The van der Waals surface area contributed by atoms with E-state index in [2.05, 4.69) is 20.9 Å². The number of hydrogen-bond donors (Lipinski definition) is 2. The molecule has 1 aromatic carbocycles. The van der Waals surface area contributed by atoms with Gasteiger partial charge >= 0.3 is 0 Å². The average Bonchev–Trinajstić information content (AvgIpc) is 3.63. The molecule has 0 aliphatic carbocycles. The molecule has 0 spiro atoms. The third kappa shape index (κ3) is 6.04. The molecule has 7 rings (SSSR count). The third-order valence-corrected chi connectivity index (χ3v) is 9.74. The minimum absolute atomic E-state index is 0.0693. The number of methoxy groups -OCH3 is 2. The van der Waals surface area contributed by atoms with Gasteiger partial charge in [0.15, 0.2) is 5.82 Å². The largest absolute Gasteiger partial charge is 0.494 e. The van der Waals surface area contributed by atoms with Gasteiger partial charge in [0.1, 0.15) is 27.8 Å². The number of carbonyl (C=O) groups excluding carboxylic acids is 2. The molecule has 1 saturated heterocycles. The minimum atomic E-state index is -0.393. The normalized spacial score (nSPS) is 20.7. The summed E-state index contributed by atoms with van der Waals surface area (Å²) >= 11 is 6.15. The Hall–Kier alpha value is -4.78. The summed E-state index contributed by atoms with van der Waals surface area (Å²) in [6.07, 6.45) is 6.14. The molecule has 0 saturated carbocycles. The molecule has 1 fully saturated rings. The van der Waals surface area contributed by atoms with Crippen LogP contribution in [0.3, 0.4) is 0 Å². The first kappa shape index (κ1) is 32.8. The number of ether oxygens (including phenoxy) is 2. The van der Waals surface area contributed by atoms with Crippen molar-refractivity contribution in [2.24, 2.45) is 12.8 Å². The van der Waals surface area contributed by atoms with E-state index in [0.29, 0.717) is 54.1 Å². The maximum absolute atomic E-state index is 13.7. The Morgan fingerprint density at radius 2 is 1.92 bits per heavy atom. The van der Waals surface area contributed by atoms with Crippen molar-refractivity contribution in [3.63, 3.8) is 0 Å². The van der Waals surface area contributed by atoms with E-state index in [4.69, 9.17) is 36.8 Å². The number of rotatable bonds is 4. The first-order chi connectivity index (χ1) is 23.7. The fourth-order valence-corrected chi connectivity index (χ4v) is 7.06. The predicted molar refractivity (Wildman–Crippen MR) is 189 cm³/mol. The highest BCUT2D eigenvalue weighted by Gasteiger charge is 2.31. The van der Waals surface area contributed by atoms with Gasteiger partial charge < -0.3 is 34.6 Å². The molecular weight excluding hydrogens is 644 g/mol. The van der Waals surface area contributed by atoms with Gasteiger partial charge in [0.05, 0.1) is 36.2 Å². The molecule has 0 radical (unpaired) electrons. The molecule has 13 heteroatoms. The van der Waals surface area contributed by atoms with E-state index in [0.717, 1.165) is 40.9 Å². The molecular formula is C36H39ClN8O4. The van der Waals surface area contributed by atoms with Crippen molar-refractivity contribution in [2.45, 2.75) is 50.9 Å². The first-order valence-corrected chi connectivity index (χ1v) is 16.8. The van der Waals surface area contributed by atoms with Crippen molar-refractivity contribution in [1.82, 2.24) is 34.3 Å². The molecule has 3 atom stereocenters. The number of aryl methyl sites for hydroxylation is 2. The summed E-state index contributed by atoms with van der Waals surface area (Å²) in [6, 6.07) is 12.5. The molecule has 4 aromatic heterocycles. The van der Waals surface area contributed by atoms with Gasteiger partial charge in [0.2, 0.25) is 0 Å². The van der Waals surface area contributed by atoms with Crippen LogP contribution in [0.5, 0.6) is 5.75 Å². The summed E-state index contributed by atoms with van der Waals surface area (Å²) in [5.41, 5.74) is 11.6. The number of aromatic nitrogens is 5. The van der Waals surface area contributed by atoms with Crippen LogP contribution in [0, 0.1) is 0 Å². The van der Waals surface area contributed by atoms with E-state index in [1.54, 1.807) is 37.3 Å². The lowest BCUT2D eigenvalue weighted by Crippen LogP contribution is -2.53. The Balaban J connectivity index is 1.28. The van der Waals surface area contributed by atoms with Crippen LogP contribution in [0.2, 0.25) is 5.15 Å². The Morgan fingerprint density at radius 3 is 2.69 bits per heavy atom. The van der Waals surface area contributed by atoms with Gasteiger partial charge in [-0.05, 0) is 68.7 Å². The number of halogens is 1. The van der Waals surface area contributed by atoms with Crippen molar-refractivity contribution in [3.05, 3.63) is 76.2 Å². The molecule has 2 aliphatic heterocycles. The van der Waals surface area contributed by atoms with Gasteiger partial charge in [-0.15, -0.1) is 0 Å². The van der Waals surface area contributed by atoms with Gasteiger partial charge in [0, 0.05) is 56.3 Å². The summed E-state index contributed by atoms with van der Waals surface area (Å²) in [6.45, 7) is 3.54. The molecule has 2 amide bonds. The number of amides is 2. The average molecular weight is 683 g/mol. The van der Waals surface area contributed by atoms with Crippen molar-refractivity contribution < 1.29 is 19.1 Å². The Bertz CT molecular complexity index is 2120. The highest BCUT2D eigenvalue weighted by Crippen LogP contribution is 2.35. The zero-order valence-corrected chi connectivity index (χ0v) is 28.7. The lowest BCUT2D eigenvalue weighted by molar-refractivity contribution is 0.0227. The van der Waals surface area contributed by atoms with E-state index in [-0.39, 0.29) is 34.8 Å². The Kier molecular flexibility index (Phi) is 8.86. The highest BCUT2D eigenvalue weighted by atomic mass is 35.5. The molecule has 12 nitrogen and oxygen atoms in total. The first-order valence-electron chi connectivity index (χ1n) is 16.4. The van der Waals surface area contributed by atoms with Crippen molar-refractivity contribution >= 4 is 51.6 Å². The molecule has 6 heterocycles. The molecule has 3 N–H and O–H groups in total. The number of fused-ring (bicyclic) bond motifs is 3. The summed E-state index contributed by atoms with van der Waals surface area (Å²) in [5, 5.41) is 4.25. The fourth-order valence-electron chi connectivity index (χ4n) is 6.91. The molecule has 254 valence electrons. The second-order valence-electron chi connectivity index (χ2n) is 12.7. The van der Waals surface area contributed by atoms with Crippen LogP contribution >= 0.6 is 11.6 Å². The maximum atomic E-state index is 13.7. The molecule has 0 unspecified atom stereocenters. The number of likely N-dealkylation sites (tertiary alicyclic amines) is 1. The standard InChI is InChI=1S/C36H39ClN8O4/c1-20-25-11-9-22-17-27(45(33(22)40-25)14-7-5-6-8-21-10-12-30(37)42-31(21)35(46)39-20)34-41-26-16-23(18-29(49-4)32(26)43(34)2)36(47)44-15-13-28(48-3)24(38)19-44/h6,8-12,16-18,20,24,28H,5,7,13-15,19,38H2,1-4H3,(H,39,46)/b8-6+/t20-,24+,28-/m1/s1. The second kappa shape index (κ2) is 13.3. The number of nitrogens with zero attached hydrogens (tertiary/aromatic N) is 6. The van der Waals surface area contributed by atoms with E-state index in [1.807, 2.05) is 48.9 Å². The molecule has 2 aliphatic rings. The number of benzene rings is 1. The van der Waals surface area contributed by atoms with Gasteiger partial charge in [-0.1, -0.05) is 23.8 Å². The number of nitrogens with one attached hydrogen (secondary N) is 1. The lowest BCUT2D eigenvalue weighted by atomic mass is 10.0. The topological polar surface area (TPSA) is 142 Å². The monoisotopic (exact) mass is 682 g/mol. The quantitative estimate of drug-likeness (QED) is 0.249. The minimum Gasteiger partial charge on any atom is -0.494 e. The van der Waals surface area contributed by atoms with Crippen LogP contribution in [0.1, 0.15) is 64.3 Å². The van der Waals surface area contributed by atoms with Gasteiger partial charge in [0.25, 0.3) is 11.8 Å². The van der Waals surface area contributed by atoms with Crippen molar-refractivity contribution in [2.75, 3.05) is 27.3 Å². The zero-order chi connectivity index (χ0) is 34.4. The third-order valence-electron chi connectivity index (χ3n) is 9.53. The number of pyridine rings is 2. The van der Waals surface area contributed by atoms with Gasteiger partial charge in [-0.3, -0.25) is 9.59 Å². The van der Waals surface area contributed by atoms with Crippen LogP contribution in [0.25, 0.3) is 39.7 Å². The number of allylic oxidation sites excluding steroid dienone is 1. The Labute approximate surface area is 288 Å². The number of nitrogens with two attached hydrogens (primary N) is 1. The maximum Gasteiger partial charge on any atom is 0.271 e. The van der Waals surface area contributed by atoms with E-state index < -0.39 is 6.04 Å². The fraction of sp³-hybridized carbons (Fsp3) is 0.361. The second-order valence-corrected chi connectivity index (χ2v) is 13.0. The predicted octanol–water partition coefficient (Wildman–Crippen LogP) is 5.13. The summed E-state index contributed by atoms with van der Waals surface area (Å²) < 4.78 is 15.5. The summed E-state index contributed by atoms with van der Waals surface area (Å²) in [4.78, 5) is 43.2. The van der Waals surface area contributed by atoms with Crippen LogP contribution in [-0.4, -0.2) is 80.3 Å². The van der Waals surface area contributed by atoms with Gasteiger partial charge in [-0.25, -0.2) is 15.0 Å². The summed E-state index contributed by atoms with van der Waals surface area (Å²) in [5.74, 6) is 0.836. The van der Waals surface area contributed by atoms with Gasteiger partial charge in [-0.2, -0.15) is 0 Å². The SMILES string of the molecule is COc1cc(C(=O)N2CC[C@@H](OC)[C@@H](N)C2)cc2nc(-c3cc4ccc5nc4n3CCC/C=C/c3ccc(Cl)nc3C(=O)N[C@@H]5C)n(C)c12. The van der Waals surface area contributed by atoms with E-state index in [9.17, 15) is 9.59 Å². The number of imidazole rings is 1. The van der Waals surface area contributed by atoms with E-state index >= 15 is 0 Å². The molecule has 5 aromatic rings. The smallest absolute Gasteiger partial charge is 0.271 e. The van der Waals surface area contributed by atoms with Crippen LogP contribution < -0.4 is 15.8 Å². The van der Waals surface area contributed by atoms with E-state index in [1.165, 1.54) is 0 Å². The Morgan fingerprint density at radius 1 is 1.08 bits per heavy atom. The molecule has 49 heavy (non-hydrogen) atoms. The summed E-state index contributed by atoms with van der Waals surface area (Å²) in [7, 11) is 5.20. The van der Waals surface area contributed by atoms with Crippen LogP contribution in [-0.2, 0) is 18.3 Å². The van der Waals surface area contributed by atoms with Crippen molar-refractivity contribution in [1.29, 1.82) is 0 Å². The number of hydrogen-bond acceptors (Lipinski definition) is 8. The lowest BCUT2D eigenvalue weighted by Gasteiger charge is -2.36. The van der Waals surface area contributed by atoms with Crippen LogP contribution in [0.4, 0.5) is 0 Å². The number of piperidine rings is 1. The van der Waals surface area contributed by atoms with Crippen LogP contribution in [0.15, 0.2) is 48.5 Å². The number of carbonyl (C=O) groups is 2. The molecule has 2 bridgehead atoms. The zero-order valence-electron chi connectivity index (χ0n) is 27.9.